The molecule has 1 saturated heterocycles. The Labute approximate surface area is 89.2 Å². The highest BCUT2D eigenvalue weighted by Crippen LogP contribution is 2.33. The molecule has 88 valence electrons. The monoisotopic (exact) mass is 220 g/mol. The number of nitrogens with one attached hydrogen (secondary N) is 1. The molecule has 1 aliphatic rings. The summed E-state index contributed by atoms with van der Waals surface area (Å²) in [6.45, 7) is 2.93. The van der Waals surface area contributed by atoms with Crippen molar-refractivity contribution in [2.45, 2.75) is 51.6 Å². The van der Waals surface area contributed by atoms with Gasteiger partial charge < -0.3 is 18.3 Å². The van der Waals surface area contributed by atoms with Gasteiger partial charge in [-0.05, 0) is 40.5 Å². The summed E-state index contributed by atoms with van der Waals surface area (Å²) < 4.78 is 36.9. The van der Waals surface area contributed by atoms with Gasteiger partial charge in [0.05, 0.1) is 0 Å². The van der Waals surface area contributed by atoms with Crippen LogP contribution in [0.2, 0.25) is 0 Å². The highest BCUT2D eigenvalue weighted by molar-refractivity contribution is 6.64. The first-order valence-electron chi connectivity index (χ1n) is 5.19. The van der Waals surface area contributed by atoms with Gasteiger partial charge in [0.2, 0.25) is 0 Å². The van der Waals surface area contributed by atoms with E-state index >= 15 is 0 Å². The molecule has 0 unspecified atom stereocenters. The van der Waals surface area contributed by atoms with Crippen LogP contribution in [0.4, 0.5) is 12.9 Å². The summed E-state index contributed by atoms with van der Waals surface area (Å²) in [5.41, 5.74) is 0.000324. The van der Waals surface area contributed by atoms with Gasteiger partial charge in [-0.15, -0.1) is 11.5 Å². The molecule has 0 aliphatic carbocycles. The maximum atomic E-state index is 12.3. The largest absolute Gasteiger partial charge is 0.502 e. The lowest BCUT2D eigenvalue weighted by molar-refractivity contribution is 0.223. The Morgan fingerprint density at radius 1 is 1.07 bits per heavy atom. The first-order valence-corrected chi connectivity index (χ1v) is 5.19. The summed E-state index contributed by atoms with van der Waals surface area (Å²) in [4.78, 5) is 0. The molecular weight excluding hydrogens is 202 g/mol. The second kappa shape index (κ2) is 3.54. The normalized spacial score (nSPS) is 25.1. The average molecular weight is 220 g/mol. The highest BCUT2D eigenvalue weighted by Gasteiger charge is 2.35. The zero-order valence-electron chi connectivity index (χ0n) is 9.70. The fourth-order valence-electron chi connectivity index (χ4n) is 2.59. The van der Waals surface area contributed by atoms with Crippen molar-refractivity contribution in [2.24, 2.45) is 0 Å². The van der Waals surface area contributed by atoms with Crippen LogP contribution >= 0.6 is 0 Å². The van der Waals surface area contributed by atoms with Gasteiger partial charge in [-0.2, -0.15) is 0 Å². The highest BCUT2D eigenvalue weighted by atomic mass is 19.4. The molecule has 1 N–H and O–H groups in total. The van der Waals surface area contributed by atoms with E-state index in [2.05, 4.69) is 5.32 Å². The molecule has 0 saturated carbocycles. The molecule has 0 aromatic rings. The molecule has 1 rings (SSSR count). The minimum atomic E-state index is -4.81. The number of piperidine rings is 1. The van der Waals surface area contributed by atoms with Crippen LogP contribution in [0.3, 0.4) is 0 Å². The molecule has 1 fully saturated rings. The predicted octanol–water partition coefficient (Wildman–Crippen LogP) is 3.24. The molecule has 0 atom stereocenters. The molecule has 1 nitrogen and oxygen atoms in total. The van der Waals surface area contributed by atoms with Crippen molar-refractivity contribution in [3.63, 3.8) is 0 Å². The molecule has 1 heterocycles. The molecular formula is C10H18BF3N-. The minimum absolute atomic E-state index is 0.255. The van der Waals surface area contributed by atoms with Crippen LogP contribution in [0.25, 0.3) is 0 Å². The Kier molecular flexibility index (Phi) is 2.98. The van der Waals surface area contributed by atoms with Gasteiger partial charge in [0.1, 0.15) is 0 Å². The summed E-state index contributed by atoms with van der Waals surface area (Å²) in [6, 6.07) is 0. The van der Waals surface area contributed by atoms with E-state index in [0.717, 1.165) is 0 Å². The molecule has 1 aliphatic heterocycles. The molecule has 0 radical (unpaired) electrons. The zero-order chi connectivity index (χ0) is 11.9. The van der Waals surface area contributed by atoms with Crippen molar-refractivity contribution in [1.29, 1.82) is 0 Å². The van der Waals surface area contributed by atoms with Crippen LogP contribution in [0.1, 0.15) is 40.5 Å². The third kappa shape index (κ3) is 4.28. The van der Waals surface area contributed by atoms with Crippen LogP contribution in [0.15, 0.2) is 11.5 Å². The van der Waals surface area contributed by atoms with E-state index in [1.54, 1.807) is 0 Å². The first kappa shape index (κ1) is 12.6. The van der Waals surface area contributed by atoms with E-state index in [0.29, 0.717) is 24.4 Å². The topological polar surface area (TPSA) is 12.0 Å². The van der Waals surface area contributed by atoms with Gasteiger partial charge in [-0.3, -0.25) is 0 Å². The smallest absolute Gasteiger partial charge is 0.445 e. The fourth-order valence-corrected chi connectivity index (χ4v) is 2.59. The van der Waals surface area contributed by atoms with Gasteiger partial charge in [0, 0.05) is 11.1 Å². The number of rotatable bonds is 1. The van der Waals surface area contributed by atoms with Crippen molar-refractivity contribution in [3.05, 3.63) is 11.5 Å². The Morgan fingerprint density at radius 3 is 1.80 bits per heavy atom. The van der Waals surface area contributed by atoms with E-state index in [9.17, 15) is 12.9 Å². The Hall–Kier alpha value is -0.445. The second-order valence-corrected chi connectivity index (χ2v) is 5.70. The van der Waals surface area contributed by atoms with Crippen molar-refractivity contribution >= 4 is 6.98 Å². The molecule has 0 amide bonds. The van der Waals surface area contributed by atoms with E-state index in [1.807, 2.05) is 27.7 Å². The van der Waals surface area contributed by atoms with Crippen molar-refractivity contribution in [2.75, 3.05) is 0 Å². The number of hydrogen-bond acceptors (Lipinski definition) is 1. The Balaban J connectivity index is 2.90. The quantitative estimate of drug-likeness (QED) is 0.669. The molecule has 0 aromatic carbocycles. The zero-order valence-corrected chi connectivity index (χ0v) is 9.70. The average Bonchev–Trinajstić information content (AvgIpc) is 1.70. The summed E-state index contributed by atoms with van der Waals surface area (Å²) >= 11 is 0. The summed E-state index contributed by atoms with van der Waals surface area (Å²) in [6.07, 6.45) is 0.940. The van der Waals surface area contributed by atoms with E-state index in [1.165, 1.54) is 0 Å². The van der Waals surface area contributed by atoms with Gasteiger partial charge in [0.15, 0.2) is 0 Å². The molecule has 0 bridgehead atoms. The Bertz CT molecular complexity index is 261. The maximum absolute atomic E-state index is 12.3. The lowest BCUT2D eigenvalue weighted by Crippen LogP contribution is -2.56. The minimum Gasteiger partial charge on any atom is -0.445 e. The van der Waals surface area contributed by atoms with E-state index in [4.69, 9.17) is 0 Å². The van der Waals surface area contributed by atoms with Crippen molar-refractivity contribution in [3.8, 4) is 0 Å². The molecule has 15 heavy (non-hydrogen) atoms. The fraction of sp³-hybridized carbons (Fsp3) is 0.800. The Morgan fingerprint density at radius 2 is 1.47 bits per heavy atom. The van der Waals surface area contributed by atoms with Crippen molar-refractivity contribution < 1.29 is 12.9 Å². The van der Waals surface area contributed by atoms with Crippen molar-refractivity contribution in [1.82, 2.24) is 5.32 Å². The van der Waals surface area contributed by atoms with E-state index < -0.39 is 6.98 Å². The maximum Gasteiger partial charge on any atom is 0.502 e. The van der Waals surface area contributed by atoms with Gasteiger partial charge in [-0.1, -0.05) is 0 Å². The lowest BCUT2D eigenvalue weighted by Gasteiger charge is -2.44. The van der Waals surface area contributed by atoms with Gasteiger partial charge in [-0.25, -0.2) is 0 Å². The van der Waals surface area contributed by atoms with Crippen LogP contribution < -0.4 is 5.32 Å². The van der Waals surface area contributed by atoms with Crippen LogP contribution in [-0.2, 0) is 0 Å². The summed E-state index contributed by atoms with van der Waals surface area (Å²) in [5, 5.41) is 3.35. The third-order valence-electron chi connectivity index (χ3n) is 2.44. The number of halogens is 3. The lowest BCUT2D eigenvalue weighted by atomic mass is 9.75. The summed E-state index contributed by atoms with van der Waals surface area (Å²) in [7, 11) is 0. The predicted molar refractivity (Wildman–Crippen MR) is 57.7 cm³/mol. The number of hydrogen-bond donors (Lipinski definition) is 1. The standard InChI is InChI=1S/C10H18BF3N/c1-9(2)5-8(7-11(12,13)14)6-10(3,4)15-9/h7,15H,5-6H2,1-4H3/q-1. The SMILES string of the molecule is CC1(C)CC(=C[B-](F)(F)F)CC(C)(C)N1. The van der Waals surface area contributed by atoms with Gasteiger partial charge in [0.25, 0.3) is 0 Å². The molecule has 5 heteroatoms. The first-order chi connectivity index (χ1) is 6.49. The van der Waals surface area contributed by atoms with E-state index in [-0.39, 0.29) is 11.1 Å². The van der Waals surface area contributed by atoms with Crippen LogP contribution in [0.5, 0.6) is 0 Å². The van der Waals surface area contributed by atoms with Crippen LogP contribution in [0, 0.1) is 0 Å². The second-order valence-electron chi connectivity index (χ2n) is 5.70. The summed E-state index contributed by atoms with van der Waals surface area (Å²) in [5.74, 6) is 0.518. The molecule has 0 spiro atoms. The third-order valence-corrected chi connectivity index (χ3v) is 2.44. The van der Waals surface area contributed by atoms with Crippen LogP contribution in [-0.4, -0.2) is 18.1 Å². The molecule has 0 aromatic heterocycles. The van der Waals surface area contributed by atoms with Gasteiger partial charge >= 0.3 is 6.98 Å².